The molecule has 1 aliphatic carbocycles. The van der Waals surface area contributed by atoms with E-state index in [9.17, 15) is 10.5 Å². The van der Waals surface area contributed by atoms with Crippen LogP contribution in [0.3, 0.4) is 0 Å². The summed E-state index contributed by atoms with van der Waals surface area (Å²) in [5.74, 6) is 2.07. The number of hydrogen-bond donors (Lipinski definition) is 1. The molecule has 160 valence electrons. The average molecular weight is 426 g/mol. The van der Waals surface area contributed by atoms with Gasteiger partial charge in [-0.1, -0.05) is 6.07 Å². The van der Waals surface area contributed by atoms with Crippen LogP contribution in [0.1, 0.15) is 36.1 Å². The van der Waals surface area contributed by atoms with Gasteiger partial charge in [0.05, 0.1) is 23.3 Å². The van der Waals surface area contributed by atoms with E-state index in [1.165, 1.54) is 16.3 Å². The molecular weight excluding hydrogens is 402 g/mol. The van der Waals surface area contributed by atoms with Crippen LogP contribution < -0.4 is 5.32 Å². The number of nitrogens with one attached hydrogen (secondary N) is 1. The van der Waals surface area contributed by atoms with Crippen LogP contribution >= 0.6 is 0 Å². The summed E-state index contributed by atoms with van der Waals surface area (Å²) >= 11 is 0. The van der Waals surface area contributed by atoms with Gasteiger partial charge >= 0.3 is 0 Å². The van der Waals surface area contributed by atoms with E-state index in [1.807, 2.05) is 29.7 Å². The molecule has 0 radical (unpaired) electrons. The van der Waals surface area contributed by atoms with Crippen molar-refractivity contribution in [3.05, 3.63) is 47.4 Å². The first kappa shape index (κ1) is 20.0. The topological polar surface area (TPSA) is 111 Å². The molecule has 0 spiro atoms. The first-order chi connectivity index (χ1) is 15.5. The van der Waals surface area contributed by atoms with E-state index in [0.29, 0.717) is 47.1 Å². The van der Waals surface area contributed by atoms with Gasteiger partial charge in [-0.15, -0.1) is 5.10 Å². The fourth-order valence-electron chi connectivity index (χ4n) is 4.42. The Morgan fingerprint density at radius 1 is 1.25 bits per heavy atom. The quantitative estimate of drug-likeness (QED) is 0.506. The first-order valence-corrected chi connectivity index (χ1v) is 10.6. The van der Waals surface area contributed by atoms with Crippen molar-refractivity contribution >= 4 is 22.4 Å². The highest BCUT2D eigenvalue weighted by atomic mass is 15.4. The van der Waals surface area contributed by atoms with Crippen molar-refractivity contribution in [2.24, 2.45) is 5.92 Å². The Hall–Kier alpha value is -3.95. The molecule has 0 amide bonds. The summed E-state index contributed by atoms with van der Waals surface area (Å²) in [7, 11) is 4.20. The fraction of sp³-hybridized carbons (Fsp3) is 0.348. The maximum atomic E-state index is 9.49. The molecule has 1 fully saturated rings. The Morgan fingerprint density at radius 3 is 2.81 bits per heavy atom. The zero-order chi connectivity index (χ0) is 22.4. The van der Waals surface area contributed by atoms with Gasteiger partial charge in [0.1, 0.15) is 6.07 Å². The number of aromatic nitrogens is 5. The number of nitriles is 2. The van der Waals surface area contributed by atoms with Crippen molar-refractivity contribution in [2.45, 2.75) is 19.3 Å². The number of hydrogen-bond acceptors (Lipinski definition) is 7. The molecule has 0 aliphatic heterocycles. The van der Waals surface area contributed by atoms with Crippen LogP contribution in [-0.4, -0.2) is 56.2 Å². The highest BCUT2D eigenvalue weighted by molar-refractivity contribution is 5.87. The summed E-state index contributed by atoms with van der Waals surface area (Å²) in [5.41, 5.74) is 3.56. The van der Waals surface area contributed by atoms with Crippen LogP contribution in [0.5, 0.6) is 0 Å². The van der Waals surface area contributed by atoms with Gasteiger partial charge in [-0.3, -0.25) is 4.57 Å². The molecule has 9 nitrogen and oxygen atoms in total. The Balaban J connectivity index is 1.71. The normalized spacial score (nSPS) is 17.6. The smallest absolute Gasteiger partial charge is 0.254 e. The largest absolute Gasteiger partial charge is 0.367 e. The van der Waals surface area contributed by atoms with Gasteiger partial charge in [-0.25, -0.2) is 4.98 Å². The first-order valence-electron chi connectivity index (χ1n) is 10.6. The molecule has 0 saturated heterocycles. The summed E-state index contributed by atoms with van der Waals surface area (Å²) in [5, 5.41) is 27.9. The minimum Gasteiger partial charge on any atom is -0.367 e. The molecule has 0 bridgehead atoms. The minimum absolute atomic E-state index is 0.338. The van der Waals surface area contributed by atoms with Gasteiger partial charge in [0.25, 0.3) is 5.95 Å². The SMILES string of the molecule is CCNc1nc(-n2cc(C3C[C@@H]3CN(C)C)c3ccc(C#N)cc32)nn2c(C#N)cnc12. The molecule has 3 heterocycles. The Labute approximate surface area is 185 Å². The van der Waals surface area contributed by atoms with Crippen LogP contribution in [0.4, 0.5) is 5.82 Å². The Morgan fingerprint density at radius 2 is 2.09 bits per heavy atom. The third-order valence-electron chi connectivity index (χ3n) is 5.91. The average Bonchev–Trinajstić information content (AvgIpc) is 3.24. The van der Waals surface area contributed by atoms with E-state index < -0.39 is 0 Å². The maximum Gasteiger partial charge on any atom is 0.254 e. The van der Waals surface area contributed by atoms with Crippen LogP contribution in [0, 0.1) is 28.6 Å². The van der Waals surface area contributed by atoms with Crippen LogP contribution in [0.25, 0.3) is 22.5 Å². The zero-order valence-corrected chi connectivity index (χ0v) is 18.2. The number of benzene rings is 1. The molecule has 1 aromatic carbocycles. The monoisotopic (exact) mass is 425 g/mol. The molecule has 2 atom stereocenters. The van der Waals surface area contributed by atoms with E-state index in [-0.39, 0.29) is 0 Å². The van der Waals surface area contributed by atoms with E-state index in [2.05, 4.69) is 52.7 Å². The van der Waals surface area contributed by atoms with Gasteiger partial charge in [0, 0.05) is 24.7 Å². The summed E-state index contributed by atoms with van der Waals surface area (Å²) < 4.78 is 3.45. The number of rotatable bonds is 6. The second-order valence-corrected chi connectivity index (χ2v) is 8.44. The lowest BCUT2D eigenvalue weighted by Crippen LogP contribution is -2.15. The lowest BCUT2D eigenvalue weighted by atomic mass is 10.1. The lowest BCUT2D eigenvalue weighted by molar-refractivity contribution is 0.385. The summed E-state index contributed by atoms with van der Waals surface area (Å²) in [4.78, 5) is 11.3. The fourth-order valence-corrected chi connectivity index (χ4v) is 4.42. The summed E-state index contributed by atoms with van der Waals surface area (Å²) in [6.45, 7) is 3.68. The van der Waals surface area contributed by atoms with Gasteiger partial charge in [0.15, 0.2) is 17.2 Å². The minimum atomic E-state index is 0.338. The molecule has 1 N–H and O–H groups in total. The third kappa shape index (κ3) is 3.24. The molecule has 3 aromatic heterocycles. The predicted molar refractivity (Wildman–Crippen MR) is 121 cm³/mol. The van der Waals surface area contributed by atoms with Gasteiger partial charge in [-0.05, 0) is 57.0 Å². The van der Waals surface area contributed by atoms with Crippen molar-refractivity contribution in [3.63, 3.8) is 0 Å². The van der Waals surface area contributed by atoms with E-state index in [1.54, 1.807) is 0 Å². The maximum absolute atomic E-state index is 9.49. The highest BCUT2D eigenvalue weighted by Crippen LogP contribution is 2.50. The van der Waals surface area contributed by atoms with Gasteiger partial charge < -0.3 is 10.2 Å². The number of anilines is 1. The molecule has 1 saturated carbocycles. The summed E-state index contributed by atoms with van der Waals surface area (Å²) in [6, 6.07) is 10.1. The van der Waals surface area contributed by atoms with Crippen LogP contribution in [0.2, 0.25) is 0 Å². The Kier molecular flexibility index (Phi) is 4.76. The summed E-state index contributed by atoms with van der Waals surface area (Å²) in [6.07, 6.45) is 4.73. The number of fused-ring (bicyclic) bond motifs is 2. The van der Waals surface area contributed by atoms with Gasteiger partial charge in [-0.2, -0.15) is 20.0 Å². The molecule has 9 heteroatoms. The molecule has 1 unspecified atom stereocenters. The molecular formula is C23H23N9. The van der Waals surface area contributed by atoms with E-state index >= 15 is 0 Å². The highest BCUT2D eigenvalue weighted by Gasteiger charge is 2.40. The van der Waals surface area contributed by atoms with E-state index in [0.717, 1.165) is 23.9 Å². The number of imidazole rings is 1. The predicted octanol–water partition coefficient (Wildman–Crippen LogP) is 2.91. The zero-order valence-electron chi connectivity index (χ0n) is 18.2. The third-order valence-corrected chi connectivity index (χ3v) is 5.91. The second kappa shape index (κ2) is 7.63. The Bertz CT molecular complexity index is 1410. The van der Waals surface area contributed by atoms with Crippen molar-refractivity contribution in [1.82, 2.24) is 29.0 Å². The standard InChI is InChI=1S/C23H23N9/c1-4-26-21-22-27-11-16(10-25)32(22)29-23(28-21)31-13-19(18-8-15(18)12-30(2)3)17-6-5-14(9-24)7-20(17)31/h5-7,11,13,15,18H,4,8,12H2,1-3H3,(H,26,28,29)/t15-,18?/m1/s1. The molecule has 32 heavy (non-hydrogen) atoms. The van der Waals surface area contributed by atoms with Crippen LogP contribution in [-0.2, 0) is 0 Å². The number of nitrogens with zero attached hydrogens (tertiary/aromatic N) is 8. The second-order valence-electron chi connectivity index (χ2n) is 8.44. The van der Waals surface area contributed by atoms with Crippen LogP contribution in [0.15, 0.2) is 30.6 Å². The van der Waals surface area contributed by atoms with Crippen molar-refractivity contribution in [3.8, 4) is 18.1 Å². The van der Waals surface area contributed by atoms with Crippen molar-refractivity contribution in [1.29, 1.82) is 10.5 Å². The van der Waals surface area contributed by atoms with Crippen molar-refractivity contribution < 1.29 is 0 Å². The molecule has 5 rings (SSSR count). The lowest BCUT2D eigenvalue weighted by Gasteiger charge is -2.09. The van der Waals surface area contributed by atoms with Gasteiger partial charge in [0.2, 0.25) is 0 Å². The molecule has 4 aromatic rings. The molecule has 1 aliphatic rings. The van der Waals surface area contributed by atoms with E-state index in [4.69, 9.17) is 4.98 Å². The van der Waals surface area contributed by atoms with Crippen molar-refractivity contribution in [2.75, 3.05) is 32.5 Å².